The quantitative estimate of drug-likeness (QED) is 0.431. The van der Waals surface area contributed by atoms with Crippen LogP contribution in [0.25, 0.3) is 0 Å². The number of hydrogen-bond acceptors (Lipinski definition) is 3. The molecular weight excluding hydrogens is 399 g/mol. The molecule has 0 fully saturated rings. The van der Waals surface area contributed by atoms with Crippen LogP contribution in [0.5, 0.6) is 0 Å². The predicted octanol–water partition coefficient (Wildman–Crippen LogP) is 1.89. The van der Waals surface area contributed by atoms with E-state index in [1.165, 1.54) is 4.88 Å². The zero-order valence-corrected chi connectivity index (χ0v) is 16.3. The predicted molar refractivity (Wildman–Crippen MR) is 101 cm³/mol. The minimum Gasteiger partial charge on any atom is -0.356 e. The van der Waals surface area contributed by atoms with E-state index in [9.17, 15) is 4.79 Å². The molecule has 0 saturated heterocycles. The van der Waals surface area contributed by atoms with Crippen molar-refractivity contribution in [1.29, 1.82) is 0 Å². The molecule has 0 aliphatic heterocycles. The van der Waals surface area contributed by atoms with Crippen molar-refractivity contribution < 1.29 is 4.79 Å². The van der Waals surface area contributed by atoms with Crippen LogP contribution in [-0.2, 0) is 11.2 Å². The van der Waals surface area contributed by atoms with Crippen molar-refractivity contribution in [3.05, 3.63) is 22.4 Å². The summed E-state index contributed by atoms with van der Waals surface area (Å²) < 4.78 is 0. The van der Waals surface area contributed by atoms with E-state index >= 15 is 0 Å². The van der Waals surface area contributed by atoms with Gasteiger partial charge in [-0.15, -0.1) is 35.3 Å². The van der Waals surface area contributed by atoms with E-state index in [1.807, 2.05) is 7.05 Å². The molecule has 0 atom stereocenters. The van der Waals surface area contributed by atoms with Crippen LogP contribution in [0.15, 0.2) is 22.5 Å². The maximum absolute atomic E-state index is 11.5. The van der Waals surface area contributed by atoms with E-state index in [4.69, 9.17) is 0 Å². The second-order valence-electron chi connectivity index (χ2n) is 4.76. The van der Waals surface area contributed by atoms with Crippen molar-refractivity contribution in [2.75, 3.05) is 41.3 Å². The highest BCUT2D eigenvalue weighted by atomic mass is 127. The third-order valence-electron chi connectivity index (χ3n) is 2.97. The minimum absolute atomic E-state index is 0. The normalized spacial score (nSPS) is 10.8. The Morgan fingerprint density at radius 2 is 2.10 bits per heavy atom. The van der Waals surface area contributed by atoms with Crippen LogP contribution in [0.3, 0.4) is 0 Å². The van der Waals surface area contributed by atoms with Crippen molar-refractivity contribution in [3.8, 4) is 0 Å². The van der Waals surface area contributed by atoms with Gasteiger partial charge in [0.15, 0.2) is 5.96 Å². The second kappa shape index (κ2) is 10.8. The van der Waals surface area contributed by atoms with Crippen molar-refractivity contribution in [3.63, 3.8) is 0 Å². The highest BCUT2D eigenvalue weighted by molar-refractivity contribution is 14.0. The molecule has 1 aromatic rings. The van der Waals surface area contributed by atoms with Gasteiger partial charge in [-0.25, -0.2) is 0 Å². The number of aliphatic imine (C=N–C) groups is 1. The van der Waals surface area contributed by atoms with Crippen molar-refractivity contribution in [2.24, 2.45) is 4.99 Å². The lowest BCUT2D eigenvalue weighted by molar-refractivity contribution is -0.128. The Morgan fingerprint density at radius 1 is 1.38 bits per heavy atom. The molecule has 0 radical (unpaired) electrons. The fourth-order valence-electron chi connectivity index (χ4n) is 1.73. The van der Waals surface area contributed by atoms with E-state index < -0.39 is 0 Å². The van der Waals surface area contributed by atoms with Gasteiger partial charge in [-0.1, -0.05) is 6.07 Å². The molecule has 0 unspecified atom stereocenters. The number of guanidine groups is 1. The summed E-state index contributed by atoms with van der Waals surface area (Å²) in [6.45, 7) is 1.51. The van der Waals surface area contributed by atoms with Gasteiger partial charge in [-0.05, 0) is 17.9 Å². The Labute approximate surface area is 148 Å². The Kier molecular flexibility index (Phi) is 10.4. The maximum Gasteiger partial charge on any atom is 0.223 e. The Morgan fingerprint density at radius 3 is 2.62 bits per heavy atom. The van der Waals surface area contributed by atoms with E-state index in [1.54, 1.807) is 37.4 Å². The molecule has 5 nitrogen and oxygen atoms in total. The van der Waals surface area contributed by atoms with Crippen LogP contribution in [-0.4, -0.2) is 62.9 Å². The second-order valence-corrected chi connectivity index (χ2v) is 5.80. The van der Waals surface area contributed by atoms with Crippen LogP contribution in [0.2, 0.25) is 0 Å². The molecule has 0 spiro atoms. The van der Waals surface area contributed by atoms with E-state index in [-0.39, 0.29) is 29.9 Å². The van der Waals surface area contributed by atoms with Crippen LogP contribution >= 0.6 is 35.3 Å². The summed E-state index contributed by atoms with van der Waals surface area (Å²) in [5.74, 6) is 0.947. The van der Waals surface area contributed by atoms with Gasteiger partial charge in [0.25, 0.3) is 0 Å². The van der Waals surface area contributed by atoms with Crippen LogP contribution < -0.4 is 5.32 Å². The molecule has 1 heterocycles. The highest BCUT2D eigenvalue weighted by Crippen LogP contribution is 2.09. The van der Waals surface area contributed by atoms with E-state index in [0.29, 0.717) is 13.0 Å². The van der Waals surface area contributed by atoms with Gasteiger partial charge < -0.3 is 15.1 Å². The molecule has 21 heavy (non-hydrogen) atoms. The molecule has 0 saturated carbocycles. The van der Waals surface area contributed by atoms with Gasteiger partial charge in [0.2, 0.25) is 5.91 Å². The van der Waals surface area contributed by atoms with Crippen molar-refractivity contribution in [2.45, 2.75) is 12.8 Å². The highest BCUT2D eigenvalue weighted by Gasteiger charge is 2.08. The molecule has 1 aromatic heterocycles. The fourth-order valence-corrected chi connectivity index (χ4v) is 2.43. The number of carbonyl (C=O) groups is 1. The number of nitrogens with one attached hydrogen (secondary N) is 1. The van der Waals surface area contributed by atoms with Gasteiger partial charge in [0.05, 0.1) is 0 Å². The molecule has 1 amide bonds. The lowest BCUT2D eigenvalue weighted by Crippen LogP contribution is -2.41. The van der Waals surface area contributed by atoms with Gasteiger partial charge >= 0.3 is 0 Å². The Bertz CT molecular complexity index is 434. The fraction of sp³-hybridized carbons (Fsp3) is 0.571. The van der Waals surface area contributed by atoms with Crippen molar-refractivity contribution in [1.82, 2.24) is 15.1 Å². The maximum atomic E-state index is 11.5. The summed E-state index contributed by atoms with van der Waals surface area (Å²) in [7, 11) is 7.31. The zero-order valence-electron chi connectivity index (χ0n) is 13.1. The number of thiophene rings is 1. The number of nitrogens with zero attached hydrogens (tertiary/aromatic N) is 3. The molecule has 0 bridgehead atoms. The summed E-state index contributed by atoms with van der Waals surface area (Å²) in [5, 5.41) is 5.31. The smallest absolute Gasteiger partial charge is 0.223 e. The Balaban J connectivity index is 0.00000400. The molecule has 120 valence electrons. The molecule has 1 rings (SSSR count). The van der Waals surface area contributed by atoms with Gasteiger partial charge in [0, 0.05) is 52.6 Å². The summed E-state index contributed by atoms with van der Waals surface area (Å²) in [6, 6.07) is 4.21. The first-order chi connectivity index (χ1) is 9.54. The molecule has 1 N–H and O–H groups in total. The van der Waals surface area contributed by atoms with E-state index in [0.717, 1.165) is 18.9 Å². The minimum atomic E-state index is 0. The van der Waals surface area contributed by atoms with Crippen LogP contribution in [0.4, 0.5) is 0 Å². The number of carbonyl (C=O) groups excluding carboxylic acids is 1. The number of hydrogen-bond donors (Lipinski definition) is 1. The SMILES string of the molecule is CN=C(NCCC(=O)N(C)C)N(C)CCc1cccs1.I. The standard InChI is InChI=1S/C14H24N4OS.HI/c1-15-14(16-9-7-13(19)17(2)3)18(4)10-8-12-6-5-11-20-12;/h5-6,11H,7-10H2,1-4H3,(H,15,16);1H. The average molecular weight is 424 g/mol. The molecule has 0 aromatic carbocycles. The van der Waals surface area contributed by atoms with Crippen molar-refractivity contribution >= 4 is 47.2 Å². The summed E-state index contributed by atoms with van der Waals surface area (Å²) >= 11 is 1.77. The first-order valence-electron chi connectivity index (χ1n) is 6.69. The lowest BCUT2D eigenvalue weighted by atomic mass is 10.3. The third kappa shape index (κ3) is 7.66. The summed E-state index contributed by atoms with van der Waals surface area (Å²) in [4.78, 5) is 20.8. The summed E-state index contributed by atoms with van der Waals surface area (Å²) in [5.41, 5.74) is 0. The summed E-state index contributed by atoms with van der Waals surface area (Å²) in [6.07, 6.45) is 1.48. The molecular formula is C14H25IN4OS. The number of halogens is 1. The monoisotopic (exact) mass is 424 g/mol. The average Bonchev–Trinajstić information content (AvgIpc) is 2.93. The van der Waals surface area contributed by atoms with Gasteiger partial charge in [-0.3, -0.25) is 9.79 Å². The topological polar surface area (TPSA) is 47.9 Å². The number of amides is 1. The number of likely N-dealkylation sites (N-methyl/N-ethyl adjacent to an activating group) is 1. The van der Waals surface area contributed by atoms with Gasteiger partial charge in [-0.2, -0.15) is 0 Å². The Hall–Kier alpha value is -0.830. The van der Waals surface area contributed by atoms with Crippen LogP contribution in [0, 0.1) is 0 Å². The third-order valence-corrected chi connectivity index (χ3v) is 3.90. The first-order valence-corrected chi connectivity index (χ1v) is 7.57. The largest absolute Gasteiger partial charge is 0.356 e. The zero-order chi connectivity index (χ0) is 15.0. The van der Waals surface area contributed by atoms with E-state index in [2.05, 4.69) is 32.7 Å². The van der Waals surface area contributed by atoms with Gasteiger partial charge in [0.1, 0.15) is 0 Å². The molecule has 0 aliphatic carbocycles. The first kappa shape index (κ1) is 20.2. The lowest BCUT2D eigenvalue weighted by Gasteiger charge is -2.22. The molecule has 0 aliphatic rings. The molecule has 7 heteroatoms. The van der Waals surface area contributed by atoms with Crippen LogP contribution in [0.1, 0.15) is 11.3 Å². The number of rotatable bonds is 6.